The van der Waals surface area contributed by atoms with Crippen molar-refractivity contribution in [1.82, 2.24) is 0 Å². The molecule has 0 aromatic heterocycles. The fraction of sp³-hybridized carbons (Fsp3) is 0.400. The molecule has 2 nitrogen and oxygen atoms in total. The molecule has 0 aromatic carbocycles. The number of rotatable bonds is 1. The number of carbonyl (C=O) groups is 1. The summed E-state index contributed by atoms with van der Waals surface area (Å²) >= 11 is 0. The van der Waals surface area contributed by atoms with Crippen LogP contribution in [0.4, 0.5) is 0 Å². The summed E-state index contributed by atoms with van der Waals surface area (Å²) in [6.07, 6.45) is 0.808. The Morgan fingerprint density at radius 2 is 1.88 bits per heavy atom. The Balaban J connectivity index is 0. The van der Waals surface area contributed by atoms with Gasteiger partial charge in [0.1, 0.15) is 0 Å². The minimum atomic E-state index is -0.0949. The van der Waals surface area contributed by atoms with Crippen molar-refractivity contribution >= 4 is 5.78 Å². The Kier molecular flexibility index (Phi) is 6.50. The molecule has 8 heavy (non-hydrogen) atoms. The van der Waals surface area contributed by atoms with Crippen molar-refractivity contribution in [1.29, 1.82) is 0 Å². The minimum Gasteiger partial charge on any atom is -0.515 e. The van der Waals surface area contributed by atoms with Gasteiger partial charge in [-0.3, -0.25) is 4.79 Å². The first-order valence-electron chi connectivity index (χ1n) is 2.00. The van der Waals surface area contributed by atoms with Gasteiger partial charge in [0.2, 0.25) is 0 Å². The summed E-state index contributed by atoms with van der Waals surface area (Å²) in [5.74, 6) is -0.0949. The molecule has 0 amide bonds. The van der Waals surface area contributed by atoms with Gasteiger partial charge in [-0.15, -0.1) is 0 Å². The smallest absolute Gasteiger partial charge is 0.158 e. The molecule has 0 aromatic rings. The summed E-state index contributed by atoms with van der Waals surface area (Å²) in [5, 5.41) is 8.12. The molecule has 0 unspecified atom stereocenters. The van der Waals surface area contributed by atoms with Crippen LogP contribution in [0, 0.1) is 0 Å². The fourth-order valence-corrected chi connectivity index (χ4v) is 0.0909. The second-order valence-corrected chi connectivity index (χ2v) is 1.37. The van der Waals surface area contributed by atoms with E-state index in [1.54, 1.807) is 6.92 Å². The Bertz CT molecular complexity index is 107. The van der Waals surface area contributed by atoms with E-state index in [0.717, 1.165) is 6.26 Å². The van der Waals surface area contributed by atoms with Crippen LogP contribution in [0.3, 0.4) is 0 Å². The van der Waals surface area contributed by atoms with Crippen molar-refractivity contribution in [2.75, 3.05) is 0 Å². The summed E-state index contributed by atoms with van der Waals surface area (Å²) < 4.78 is 0. The van der Waals surface area contributed by atoms with Crippen LogP contribution in [0.15, 0.2) is 11.8 Å². The zero-order valence-electron chi connectivity index (χ0n) is 4.73. The van der Waals surface area contributed by atoms with Crippen LogP contribution in [-0.2, 0) is 21.9 Å². The van der Waals surface area contributed by atoms with E-state index >= 15 is 0 Å². The van der Waals surface area contributed by atoms with Gasteiger partial charge in [-0.1, -0.05) is 0 Å². The van der Waals surface area contributed by atoms with Crippen LogP contribution in [0.5, 0.6) is 0 Å². The largest absolute Gasteiger partial charge is 0.515 e. The number of hydrogen-bond donors (Lipinski definition) is 1. The van der Waals surface area contributed by atoms with Gasteiger partial charge >= 0.3 is 0 Å². The average molecular weight is 164 g/mol. The van der Waals surface area contributed by atoms with Gasteiger partial charge in [-0.05, 0) is 13.8 Å². The first-order valence-corrected chi connectivity index (χ1v) is 2.00. The molecule has 0 bridgehead atoms. The van der Waals surface area contributed by atoms with Crippen LogP contribution in [0.2, 0.25) is 0 Å². The van der Waals surface area contributed by atoms with E-state index in [9.17, 15) is 4.79 Å². The number of carbonyl (C=O) groups excluding carboxylic acids is 1. The zero-order valence-corrected chi connectivity index (χ0v) is 5.68. The monoisotopic (exact) mass is 163 g/mol. The summed E-state index contributed by atoms with van der Waals surface area (Å²) in [6.45, 7) is 2.96. The number of ketones is 1. The van der Waals surface area contributed by atoms with E-state index in [0.29, 0.717) is 5.57 Å². The van der Waals surface area contributed by atoms with E-state index in [4.69, 9.17) is 5.11 Å². The molecular weight excluding hydrogens is 156 g/mol. The van der Waals surface area contributed by atoms with Crippen molar-refractivity contribution in [3.63, 3.8) is 0 Å². The predicted molar refractivity (Wildman–Crippen MR) is 27.1 cm³/mol. The van der Waals surface area contributed by atoms with Gasteiger partial charge in [-0.25, -0.2) is 0 Å². The SMILES string of the molecule is CC(=O)/C(C)=C\O.[Cu]. The maximum atomic E-state index is 10.1. The first kappa shape index (κ1) is 10.7. The van der Waals surface area contributed by atoms with E-state index < -0.39 is 0 Å². The molecule has 51 valence electrons. The van der Waals surface area contributed by atoms with Gasteiger partial charge in [-0.2, -0.15) is 0 Å². The second-order valence-electron chi connectivity index (χ2n) is 1.37. The number of allylic oxidation sites excluding steroid dienone is 1. The van der Waals surface area contributed by atoms with Crippen molar-refractivity contribution < 1.29 is 27.0 Å². The third-order valence-electron chi connectivity index (χ3n) is 0.749. The molecule has 3 heteroatoms. The Morgan fingerprint density at radius 1 is 1.50 bits per heavy atom. The zero-order chi connectivity index (χ0) is 5.86. The van der Waals surface area contributed by atoms with E-state index in [-0.39, 0.29) is 22.9 Å². The van der Waals surface area contributed by atoms with Crippen LogP contribution < -0.4 is 0 Å². The van der Waals surface area contributed by atoms with Crippen molar-refractivity contribution in [2.24, 2.45) is 0 Å². The van der Waals surface area contributed by atoms with Gasteiger partial charge in [0, 0.05) is 22.6 Å². The number of hydrogen-bond acceptors (Lipinski definition) is 2. The van der Waals surface area contributed by atoms with Gasteiger partial charge in [0.25, 0.3) is 0 Å². The van der Waals surface area contributed by atoms with Crippen LogP contribution in [0.25, 0.3) is 0 Å². The standard InChI is InChI=1S/C5H8O2.Cu/c1-4(3-6)5(2)7;/h3,6H,1-2H3;/b4-3-;. The summed E-state index contributed by atoms with van der Waals surface area (Å²) in [6, 6.07) is 0. The molecule has 0 aliphatic carbocycles. The number of aliphatic hydroxyl groups excluding tert-OH is 1. The summed E-state index contributed by atoms with van der Waals surface area (Å²) in [7, 11) is 0. The molecule has 0 aliphatic rings. The van der Waals surface area contributed by atoms with Crippen LogP contribution in [-0.4, -0.2) is 10.9 Å². The maximum absolute atomic E-state index is 10.1. The maximum Gasteiger partial charge on any atom is 0.158 e. The van der Waals surface area contributed by atoms with Gasteiger partial charge < -0.3 is 5.11 Å². The van der Waals surface area contributed by atoms with E-state index in [2.05, 4.69) is 0 Å². The van der Waals surface area contributed by atoms with Crippen molar-refractivity contribution in [3.8, 4) is 0 Å². The fourth-order valence-electron chi connectivity index (χ4n) is 0.0909. The predicted octanol–water partition coefficient (Wildman–Crippen LogP) is 1.03. The molecular formula is C5H8CuO2. The van der Waals surface area contributed by atoms with Crippen molar-refractivity contribution in [3.05, 3.63) is 11.8 Å². The van der Waals surface area contributed by atoms with E-state index in [1.165, 1.54) is 6.92 Å². The topological polar surface area (TPSA) is 37.3 Å². The molecule has 0 fully saturated rings. The van der Waals surface area contributed by atoms with Crippen LogP contribution >= 0.6 is 0 Å². The molecule has 0 atom stereocenters. The quantitative estimate of drug-likeness (QED) is 0.356. The molecule has 0 saturated carbocycles. The van der Waals surface area contributed by atoms with Gasteiger partial charge in [0.05, 0.1) is 6.26 Å². The first-order chi connectivity index (χ1) is 3.18. The number of aliphatic hydroxyl groups is 1. The number of Topliss-reactive ketones (excluding diaryl/α,β-unsaturated/α-hetero) is 1. The Labute approximate surface area is 59.1 Å². The normalized spacial score (nSPS) is 10.0. The van der Waals surface area contributed by atoms with Crippen molar-refractivity contribution in [2.45, 2.75) is 13.8 Å². The van der Waals surface area contributed by atoms with E-state index in [1.807, 2.05) is 0 Å². The Hall–Kier alpha value is -0.271. The minimum absolute atomic E-state index is 0. The molecule has 1 N–H and O–H groups in total. The van der Waals surface area contributed by atoms with Crippen LogP contribution in [0.1, 0.15) is 13.8 Å². The second kappa shape index (κ2) is 4.88. The molecule has 1 radical (unpaired) electrons. The summed E-state index contributed by atoms with van der Waals surface area (Å²) in [4.78, 5) is 10.1. The third-order valence-corrected chi connectivity index (χ3v) is 0.749. The van der Waals surface area contributed by atoms with Gasteiger partial charge in [0.15, 0.2) is 5.78 Å². The average Bonchev–Trinajstić information content (AvgIpc) is 1.65. The summed E-state index contributed by atoms with van der Waals surface area (Å²) in [5.41, 5.74) is 0.389. The molecule has 0 spiro atoms. The molecule has 0 heterocycles. The Morgan fingerprint density at radius 3 is 1.88 bits per heavy atom. The third kappa shape index (κ3) is 3.90. The molecule has 0 saturated heterocycles. The molecule has 0 aliphatic heterocycles. The molecule has 0 rings (SSSR count).